The Morgan fingerprint density at radius 1 is 0.867 bits per heavy atom. The molecule has 0 spiro atoms. The van der Waals surface area contributed by atoms with Crippen molar-refractivity contribution in [1.29, 1.82) is 0 Å². The minimum absolute atomic E-state index is 0.219. The maximum atomic E-state index is 12.8. The van der Waals surface area contributed by atoms with E-state index in [2.05, 4.69) is 27.8 Å². The molecule has 0 unspecified atom stereocenters. The first kappa shape index (κ1) is 29.7. The molecule has 0 fully saturated rings. The van der Waals surface area contributed by atoms with Crippen molar-refractivity contribution in [3.63, 3.8) is 0 Å². The van der Waals surface area contributed by atoms with E-state index in [9.17, 15) is 4.79 Å². The Hall–Kier alpha value is -5.39. The van der Waals surface area contributed by atoms with Crippen molar-refractivity contribution in [2.24, 2.45) is 0 Å². The number of ether oxygens (including phenoxy) is 3. The van der Waals surface area contributed by atoms with Gasteiger partial charge < -0.3 is 30.6 Å². The smallest absolute Gasteiger partial charge is 0.248 e. The number of nitrogens with one attached hydrogen (secondary N) is 2. The fourth-order valence-corrected chi connectivity index (χ4v) is 6.66. The summed E-state index contributed by atoms with van der Waals surface area (Å²) in [6, 6.07) is 25.3. The molecule has 2 aromatic heterocycles. The third kappa shape index (κ3) is 6.44. The number of methoxy groups -OCH3 is 3. The van der Waals surface area contributed by atoms with Crippen molar-refractivity contribution in [3.8, 4) is 38.4 Å². The van der Waals surface area contributed by atoms with Gasteiger partial charge in [0, 0.05) is 40.5 Å². The molecule has 6 rings (SSSR count). The lowest BCUT2D eigenvalue weighted by Gasteiger charge is -2.14. The SMILES string of the molecule is COc1cc(Nc2nc(N)c(-c3nc(-c4cccc(NC(=O)C=Cc5cccc6ccccc56)c4)cs3)s2)cc(OC)c1OC. The lowest BCUT2D eigenvalue weighted by molar-refractivity contribution is -0.111. The van der Waals surface area contributed by atoms with Crippen LogP contribution in [0.15, 0.2) is 90.3 Å². The third-order valence-corrected chi connectivity index (χ3v) is 8.91. The number of thiazole rings is 2. The minimum Gasteiger partial charge on any atom is -0.493 e. The number of nitrogen functional groups attached to an aromatic ring is 1. The van der Waals surface area contributed by atoms with Crippen LogP contribution >= 0.6 is 22.7 Å². The largest absolute Gasteiger partial charge is 0.493 e. The molecule has 0 aliphatic rings. The molecular formula is C34H29N5O4S2. The molecule has 0 atom stereocenters. The van der Waals surface area contributed by atoms with Gasteiger partial charge in [0.25, 0.3) is 0 Å². The Bertz CT molecular complexity index is 2000. The number of nitrogens with zero attached hydrogens (tertiary/aromatic N) is 2. The van der Waals surface area contributed by atoms with Gasteiger partial charge in [0.05, 0.1) is 27.0 Å². The van der Waals surface area contributed by atoms with Crippen molar-refractivity contribution in [1.82, 2.24) is 9.97 Å². The van der Waals surface area contributed by atoms with Gasteiger partial charge in [-0.3, -0.25) is 4.79 Å². The van der Waals surface area contributed by atoms with Gasteiger partial charge in [-0.1, -0.05) is 65.9 Å². The summed E-state index contributed by atoms with van der Waals surface area (Å²) in [5.41, 5.74) is 10.3. The highest BCUT2D eigenvalue weighted by Crippen LogP contribution is 2.43. The second kappa shape index (κ2) is 13.1. The standard InChI is InChI=1S/C34H29N5O4S2/c1-41-27-17-24(18-28(42-2)30(27)43-3)37-34-39-32(35)31(45-34)33-38-26(19-44-33)22-11-7-12-23(16-22)36-29(40)15-14-21-10-6-9-20-8-4-5-13-25(20)21/h4-19H,35H2,1-3H3,(H,36,40)(H,37,39). The first-order chi connectivity index (χ1) is 21.9. The zero-order chi connectivity index (χ0) is 31.3. The fraction of sp³-hybridized carbons (Fsp3) is 0.0882. The molecule has 0 saturated heterocycles. The van der Waals surface area contributed by atoms with Crippen LogP contribution in [0.25, 0.3) is 38.0 Å². The average molecular weight is 636 g/mol. The van der Waals surface area contributed by atoms with E-state index in [0.717, 1.165) is 37.5 Å². The number of anilines is 4. The molecule has 2 heterocycles. The summed E-state index contributed by atoms with van der Waals surface area (Å²) in [6.07, 6.45) is 3.38. The zero-order valence-corrected chi connectivity index (χ0v) is 26.3. The Balaban J connectivity index is 1.17. The molecule has 0 radical (unpaired) electrons. The highest BCUT2D eigenvalue weighted by Gasteiger charge is 2.18. The highest BCUT2D eigenvalue weighted by atomic mass is 32.1. The first-order valence-electron chi connectivity index (χ1n) is 13.8. The highest BCUT2D eigenvalue weighted by molar-refractivity contribution is 7.23. The molecule has 0 aliphatic carbocycles. The van der Waals surface area contributed by atoms with E-state index in [0.29, 0.717) is 39.6 Å². The fourth-order valence-electron chi connectivity index (χ4n) is 4.83. The maximum absolute atomic E-state index is 12.8. The summed E-state index contributed by atoms with van der Waals surface area (Å²) in [7, 11) is 4.69. The summed E-state index contributed by atoms with van der Waals surface area (Å²) in [4.78, 5) is 22.9. The summed E-state index contributed by atoms with van der Waals surface area (Å²) in [5.74, 6) is 1.69. The van der Waals surface area contributed by atoms with Gasteiger partial charge in [0.1, 0.15) is 15.7 Å². The quantitative estimate of drug-likeness (QED) is 0.129. The zero-order valence-electron chi connectivity index (χ0n) is 24.7. The monoisotopic (exact) mass is 635 g/mol. The van der Waals surface area contributed by atoms with Gasteiger partial charge in [-0.15, -0.1) is 11.3 Å². The number of fused-ring (bicyclic) bond motifs is 1. The number of benzene rings is 4. The van der Waals surface area contributed by atoms with Crippen LogP contribution in [0.3, 0.4) is 0 Å². The molecular weight excluding hydrogens is 607 g/mol. The number of amides is 1. The van der Waals surface area contributed by atoms with E-state index >= 15 is 0 Å². The summed E-state index contributed by atoms with van der Waals surface area (Å²) < 4.78 is 16.3. The van der Waals surface area contributed by atoms with Crippen molar-refractivity contribution >= 4 is 67.8 Å². The molecule has 6 aromatic rings. The number of carbonyl (C=O) groups excluding carboxylic acids is 1. The van der Waals surface area contributed by atoms with Gasteiger partial charge in [0.2, 0.25) is 11.7 Å². The summed E-state index contributed by atoms with van der Waals surface area (Å²) >= 11 is 2.86. The van der Waals surface area contributed by atoms with Gasteiger partial charge >= 0.3 is 0 Å². The number of aromatic nitrogens is 2. The second-order valence-electron chi connectivity index (χ2n) is 9.78. The summed E-state index contributed by atoms with van der Waals surface area (Å²) in [6.45, 7) is 0. The molecule has 0 saturated carbocycles. The first-order valence-corrected chi connectivity index (χ1v) is 15.5. The summed E-state index contributed by atoms with van der Waals surface area (Å²) in [5, 5.41) is 11.7. The molecule has 45 heavy (non-hydrogen) atoms. The molecule has 0 bridgehead atoms. The van der Waals surface area contributed by atoms with Gasteiger partial charge in [-0.05, 0) is 34.5 Å². The van der Waals surface area contributed by atoms with Crippen LogP contribution in [0.1, 0.15) is 5.56 Å². The molecule has 1 amide bonds. The Morgan fingerprint density at radius 3 is 2.40 bits per heavy atom. The van der Waals surface area contributed by atoms with Crippen LogP contribution in [0.2, 0.25) is 0 Å². The van der Waals surface area contributed by atoms with Crippen LogP contribution in [0.5, 0.6) is 17.2 Å². The Labute approximate surface area is 268 Å². The van der Waals surface area contributed by atoms with Crippen LogP contribution in [-0.4, -0.2) is 37.2 Å². The van der Waals surface area contributed by atoms with E-state index in [4.69, 9.17) is 24.9 Å². The topological polar surface area (TPSA) is 121 Å². The molecule has 11 heteroatoms. The molecule has 4 N–H and O–H groups in total. The van der Waals surface area contributed by atoms with E-state index in [1.807, 2.05) is 66.1 Å². The number of hydrogen-bond donors (Lipinski definition) is 3. The van der Waals surface area contributed by atoms with Gasteiger partial charge in [-0.2, -0.15) is 0 Å². The van der Waals surface area contributed by atoms with Crippen LogP contribution in [0.4, 0.5) is 22.3 Å². The number of carbonyl (C=O) groups is 1. The Kier molecular flexibility index (Phi) is 8.63. The van der Waals surface area contributed by atoms with Crippen LogP contribution in [0, 0.1) is 0 Å². The second-order valence-corrected chi connectivity index (χ2v) is 11.6. The third-order valence-electron chi connectivity index (χ3n) is 6.93. The van der Waals surface area contributed by atoms with Gasteiger partial charge in [0.15, 0.2) is 16.6 Å². The molecule has 9 nitrogen and oxygen atoms in total. The van der Waals surface area contributed by atoms with Crippen molar-refractivity contribution in [3.05, 3.63) is 95.9 Å². The van der Waals surface area contributed by atoms with Gasteiger partial charge in [-0.25, -0.2) is 9.97 Å². The Morgan fingerprint density at radius 2 is 1.62 bits per heavy atom. The number of nitrogens with two attached hydrogens (primary N) is 1. The van der Waals surface area contributed by atoms with E-state index in [-0.39, 0.29) is 5.91 Å². The number of hydrogen-bond acceptors (Lipinski definition) is 10. The molecule has 0 aliphatic heterocycles. The average Bonchev–Trinajstić information content (AvgIpc) is 3.69. The van der Waals surface area contributed by atoms with Crippen molar-refractivity contribution < 1.29 is 19.0 Å². The van der Waals surface area contributed by atoms with E-state index in [1.165, 1.54) is 22.7 Å². The lowest BCUT2D eigenvalue weighted by atomic mass is 10.0. The predicted octanol–water partition coefficient (Wildman–Crippen LogP) is 8.09. The van der Waals surface area contributed by atoms with Crippen molar-refractivity contribution in [2.45, 2.75) is 0 Å². The predicted molar refractivity (Wildman–Crippen MR) is 184 cm³/mol. The molecule has 4 aromatic carbocycles. The lowest BCUT2D eigenvalue weighted by Crippen LogP contribution is -2.07. The maximum Gasteiger partial charge on any atom is 0.248 e. The van der Waals surface area contributed by atoms with E-state index < -0.39 is 0 Å². The molecule has 226 valence electrons. The van der Waals surface area contributed by atoms with E-state index in [1.54, 1.807) is 39.5 Å². The van der Waals surface area contributed by atoms with Crippen molar-refractivity contribution in [2.75, 3.05) is 37.7 Å². The normalized spacial score (nSPS) is 11.1. The number of rotatable bonds is 10. The van der Waals surface area contributed by atoms with Crippen LogP contribution in [-0.2, 0) is 4.79 Å². The van der Waals surface area contributed by atoms with Crippen LogP contribution < -0.4 is 30.6 Å². The minimum atomic E-state index is -0.219.